The van der Waals surface area contributed by atoms with Crippen molar-refractivity contribution < 1.29 is 28.3 Å². The van der Waals surface area contributed by atoms with Crippen LogP contribution in [0.2, 0.25) is 0 Å². The van der Waals surface area contributed by atoms with Crippen molar-refractivity contribution in [1.29, 1.82) is 0 Å². The number of aromatic nitrogens is 1. The number of rotatable bonds is 7. The highest BCUT2D eigenvalue weighted by atomic mass is 16.7. The van der Waals surface area contributed by atoms with E-state index in [4.69, 9.17) is 23.5 Å². The first-order chi connectivity index (χ1) is 12.8. The van der Waals surface area contributed by atoms with Crippen molar-refractivity contribution in [1.82, 2.24) is 10.5 Å². The molecule has 1 aromatic carbocycles. The van der Waals surface area contributed by atoms with E-state index in [-0.39, 0.29) is 32.0 Å². The van der Waals surface area contributed by atoms with Crippen LogP contribution >= 0.6 is 0 Å². The first-order valence-corrected chi connectivity index (χ1v) is 8.59. The van der Waals surface area contributed by atoms with Crippen LogP contribution in [0.25, 0.3) is 11.3 Å². The lowest BCUT2D eigenvalue weighted by Gasteiger charge is -2.10. The number of nitrogens with zero attached hydrogens (tertiary/aromatic N) is 1. The third-order valence-electron chi connectivity index (χ3n) is 4.25. The van der Waals surface area contributed by atoms with Gasteiger partial charge in [-0.15, -0.1) is 0 Å². The Hall–Kier alpha value is -2.58. The summed E-state index contributed by atoms with van der Waals surface area (Å²) in [7, 11) is 0. The van der Waals surface area contributed by atoms with Gasteiger partial charge >= 0.3 is 0 Å². The van der Waals surface area contributed by atoms with Gasteiger partial charge in [0.05, 0.1) is 12.7 Å². The molecule has 0 radical (unpaired) electrons. The molecule has 3 heterocycles. The van der Waals surface area contributed by atoms with Gasteiger partial charge in [-0.25, -0.2) is 0 Å². The second kappa shape index (κ2) is 7.76. The van der Waals surface area contributed by atoms with E-state index >= 15 is 0 Å². The quantitative estimate of drug-likeness (QED) is 0.806. The predicted molar refractivity (Wildman–Crippen MR) is 89.7 cm³/mol. The molecule has 1 atom stereocenters. The number of carbonyl (C=O) groups excluding carboxylic acids is 1. The Bertz CT molecular complexity index is 769. The summed E-state index contributed by atoms with van der Waals surface area (Å²) in [4.78, 5) is 11.8. The molecule has 0 bridgehead atoms. The molecule has 0 saturated carbocycles. The Kier molecular flexibility index (Phi) is 5.03. The maximum atomic E-state index is 11.8. The molecule has 1 fully saturated rings. The monoisotopic (exact) mass is 360 g/mol. The van der Waals surface area contributed by atoms with E-state index in [2.05, 4.69) is 10.5 Å². The van der Waals surface area contributed by atoms with E-state index in [0.717, 1.165) is 25.0 Å². The van der Waals surface area contributed by atoms with E-state index in [1.807, 2.05) is 18.2 Å². The van der Waals surface area contributed by atoms with Gasteiger partial charge in [0.25, 0.3) is 0 Å². The van der Waals surface area contributed by atoms with Crippen LogP contribution in [0.5, 0.6) is 11.5 Å². The Morgan fingerprint density at radius 3 is 3.08 bits per heavy atom. The van der Waals surface area contributed by atoms with Crippen molar-refractivity contribution >= 4 is 5.91 Å². The van der Waals surface area contributed by atoms with E-state index in [1.54, 1.807) is 6.07 Å². The van der Waals surface area contributed by atoms with Gasteiger partial charge in [-0.1, -0.05) is 5.16 Å². The topological polar surface area (TPSA) is 92.1 Å². The number of fused-ring (bicyclic) bond motifs is 1. The normalized spacial score (nSPS) is 18.2. The number of amides is 1. The molecule has 1 amide bonds. The number of ether oxygens (including phenoxy) is 4. The lowest BCUT2D eigenvalue weighted by molar-refractivity contribution is -0.126. The number of hydrogen-bond acceptors (Lipinski definition) is 7. The summed E-state index contributed by atoms with van der Waals surface area (Å²) in [6.45, 7) is 1.69. The fourth-order valence-corrected chi connectivity index (χ4v) is 2.90. The molecule has 0 aliphatic carbocycles. The molecule has 8 nitrogen and oxygen atoms in total. The van der Waals surface area contributed by atoms with Crippen molar-refractivity contribution in [3.05, 3.63) is 30.0 Å². The fourth-order valence-electron chi connectivity index (χ4n) is 2.90. The summed E-state index contributed by atoms with van der Waals surface area (Å²) in [5.74, 6) is 1.83. The third kappa shape index (κ3) is 3.97. The van der Waals surface area contributed by atoms with Crippen molar-refractivity contribution in [2.24, 2.45) is 0 Å². The molecule has 1 aromatic heterocycles. The molecule has 1 unspecified atom stereocenters. The molecule has 0 spiro atoms. The molecule has 2 aromatic rings. The van der Waals surface area contributed by atoms with E-state index < -0.39 is 0 Å². The maximum Gasteiger partial charge on any atom is 0.246 e. The zero-order valence-electron chi connectivity index (χ0n) is 14.2. The van der Waals surface area contributed by atoms with Crippen LogP contribution in [0.4, 0.5) is 0 Å². The molecule has 1 N–H and O–H groups in total. The summed E-state index contributed by atoms with van der Waals surface area (Å²) in [5.41, 5.74) is 1.45. The second-order valence-electron chi connectivity index (χ2n) is 6.18. The highest BCUT2D eigenvalue weighted by molar-refractivity contribution is 5.77. The molecule has 2 aliphatic heterocycles. The SMILES string of the molecule is O=C(COCc1cc(-c2ccc3c(c2)OCO3)on1)NCC1CCCO1. The molecular formula is C18H20N2O6. The minimum Gasteiger partial charge on any atom is -0.454 e. The Balaban J connectivity index is 1.24. The Morgan fingerprint density at radius 1 is 1.27 bits per heavy atom. The van der Waals surface area contributed by atoms with Crippen LogP contribution in [0.1, 0.15) is 18.5 Å². The predicted octanol–water partition coefficient (Wildman–Crippen LogP) is 1.88. The van der Waals surface area contributed by atoms with E-state index in [0.29, 0.717) is 29.5 Å². The summed E-state index contributed by atoms with van der Waals surface area (Å²) < 4.78 is 26.8. The zero-order valence-corrected chi connectivity index (χ0v) is 14.2. The number of hydrogen-bond donors (Lipinski definition) is 1. The molecule has 2 aliphatic rings. The van der Waals surface area contributed by atoms with Crippen LogP contribution in [0.3, 0.4) is 0 Å². The minimum atomic E-state index is -0.167. The lowest BCUT2D eigenvalue weighted by atomic mass is 10.1. The maximum absolute atomic E-state index is 11.8. The summed E-state index contributed by atoms with van der Waals surface area (Å²) in [6.07, 6.45) is 2.16. The highest BCUT2D eigenvalue weighted by Gasteiger charge is 2.17. The molecule has 8 heteroatoms. The Morgan fingerprint density at radius 2 is 2.19 bits per heavy atom. The molecular weight excluding hydrogens is 340 g/mol. The van der Waals surface area contributed by atoms with Gasteiger partial charge in [0.2, 0.25) is 12.7 Å². The van der Waals surface area contributed by atoms with Gasteiger partial charge in [-0.3, -0.25) is 4.79 Å². The van der Waals surface area contributed by atoms with Crippen LogP contribution < -0.4 is 14.8 Å². The van der Waals surface area contributed by atoms with Gasteiger partial charge in [-0.2, -0.15) is 0 Å². The number of nitrogens with one attached hydrogen (secondary N) is 1. The van der Waals surface area contributed by atoms with E-state index in [1.165, 1.54) is 0 Å². The second-order valence-corrected chi connectivity index (χ2v) is 6.18. The van der Waals surface area contributed by atoms with Crippen molar-refractivity contribution in [2.45, 2.75) is 25.6 Å². The van der Waals surface area contributed by atoms with Gasteiger partial charge in [0, 0.05) is 24.8 Å². The largest absolute Gasteiger partial charge is 0.454 e. The third-order valence-corrected chi connectivity index (χ3v) is 4.25. The zero-order chi connectivity index (χ0) is 17.8. The first-order valence-electron chi connectivity index (χ1n) is 8.59. The van der Waals surface area contributed by atoms with Gasteiger partial charge in [-0.05, 0) is 31.0 Å². The number of benzene rings is 1. The molecule has 1 saturated heterocycles. The van der Waals surface area contributed by atoms with Crippen LogP contribution in [-0.2, 0) is 20.9 Å². The first kappa shape index (κ1) is 16.9. The minimum absolute atomic E-state index is 0.0288. The summed E-state index contributed by atoms with van der Waals surface area (Å²) >= 11 is 0. The summed E-state index contributed by atoms with van der Waals surface area (Å²) in [6, 6.07) is 7.32. The van der Waals surface area contributed by atoms with Gasteiger partial charge in [0.1, 0.15) is 12.3 Å². The van der Waals surface area contributed by atoms with Gasteiger partial charge < -0.3 is 28.8 Å². The standard InChI is InChI=1S/C18H20N2O6/c21-18(19-8-14-2-1-5-23-14)10-22-9-13-7-16(26-20-13)12-3-4-15-17(6-12)25-11-24-15/h3-4,6-7,14H,1-2,5,8-11H2,(H,19,21). The average Bonchev–Trinajstić information content (AvgIpc) is 3.40. The van der Waals surface area contributed by atoms with Gasteiger partial charge in [0.15, 0.2) is 17.3 Å². The average molecular weight is 360 g/mol. The lowest BCUT2D eigenvalue weighted by Crippen LogP contribution is -2.34. The smallest absolute Gasteiger partial charge is 0.246 e. The fraction of sp³-hybridized carbons (Fsp3) is 0.444. The molecule has 26 heavy (non-hydrogen) atoms. The Labute approximate surface area is 150 Å². The molecule has 138 valence electrons. The van der Waals surface area contributed by atoms with E-state index in [9.17, 15) is 4.79 Å². The number of carbonyl (C=O) groups is 1. The summed E-state index contributed by atoms with van der Waals surface area (Å²) in [5, 5.41) is 6.78. The molecule has 4 rings (SSSR count). The highest BCUT2D eigenvalue weighted by Crippen LogP contribution is 2.36. The van der Waals surface area contributed by atoms with Crippen molar-refractivity contribution in [3.63, 3.8) is 0 Å². The van der Waals surface area contributed by atoms with Crippen LogP contribution in [0, 0.1) is 0 Å². The van der Waals surface area contributed by atoms with Crippen molar-refractivity contribution in [2.75, 3.05) is 26.6 Å². The van der Waals surface area contributed by atoms with Crippen LogP contribution in [-0.4, -0.2) is 43.7 Å². The van der Waals surface area contributed by atoms with Crippen molar-refractivity contribution in [3.8, 4) is 22.8 Å². The van der Waals surface area contributed by atoms with Crippen LogP contribution in [0.15, 0.2) is 28.8 Å².